The Morgan fingerprint density at radius 2 is 2.00 bits per heavy atom. The molecule has 0 bridgehead atoms. The minimum atomic E-state index is 0.337. The highest BCUT2D eigenvalue weighted by Crippen LogP contribution is 2.39. The lowest BCUT2D eigenvalue weighted by Crippen LogP contribution is -2.33. The number of imidazole rings is 1. The van der Waals surface area contributed by atoms with Gasteiger partial charge in [-0.2, -0.15) is 0 Å². The second-order valence-corrected chi connectivity index (χ2v) is 6.27. The Balaban J connectivity index is 2.07. The molecular weight excluding hydrogens is 319 g/mol. The van der Waals surface area contributed by atoms with Crippen molar-refractivity contribution in [2.24, 2.45) is 0 Å². The number of hydrogen-bond acceptors (Lipinski definition) is 2. The number of fused-ring (bicyclic) bond motifs is 1. The third-order valence-corrected chi connectivity index (χ3v) is 4.80. The third-order valence-electron chi connectivity index (χ3n) is 3.89. The Hall–Kier alpha value is -0.480. The molecule has 1 aliphatic carbocycles. The number of halogens is 3. The van der Waals surface area contributed by atoms with Gasteiger partial charge in [-0.1, -0.05) is 23.2 Å². The van der Waals surface area contributed by atoms with E-state index in [4.69, 9.17) is 39.5 Å². The van der Waals surface area contributed by atoms with E-state index in [1.54, 1.807) is 7.11 Å². The van der Waals surface area contributed by atoms with Crippen LogP contribution in [0.15, 0.2) is 12.1 Å². The molecule has 3 rings (SSSR count). The molecule has 0 spiro atoms. The normalized spacial score (nSPS) is 22.2. The summed E-state index contributed by atoms with van der Waals surface area (Å²) in [7, 11) is 1.75. The van der Waals surface area contributed by atoms with Crippen LogP contribution in [0.3, 0.4) is 0 Å². The Kier molecular flexibility index (Phi) is 4.14. The van der Waals surface area contributed by atoms with E-state index in [1.807, 2.05) is 12.1 Å². The Labute approximate surface area is 132 Å². The summed E-state index contributed by atoms with van der Waals surface area (Å²) >= 11 is 18.1. The minimum absolute atomic E-state index is 0.337. The van der Waals surface area contributed by atoms with Crippen molar-refractivity contribution in [3.05, 3.63) is 28.0 Å². The average molecular weight is 334 g/mol. The van der Waals surface area contributed by atoms with Crippen molar-refractivity contribution < 1.29 is 4.74 Å². The molecule has 0 radical (unpaired) electrons. The van der Waals surface area contributed by atoms with E-state index in [0.29, 0.717) is 28.1 Å². The van der Waals surface area contributed by atoms with Crippen LogP contribution in [-0.2, 0) is 11.2 Å². The lowest BCUT2D eigenvalue weighted by Gasteiger charge is -2.36. The van der Waals surface area contributed by atoms with Gasteiger partial charge in [0.1, 0.15) is 5.82 Å². The summed E-state index contributed by atoms with van der Waals surface area (Å²) in [5.41, 5.74) is 1.90. The smallest absolute Gasteiger partial charge is 0.111 e. The Morgan fingerprint density at radius 1 is 1.30 bits per heavy atom. The Bertz CT molecular complexity index is 635. The van der Waals surface area contributed by atoms with Gasteiger partial charge in [-0.25, -0.2) is 4.98 Å². The van der Waals surface area contributed by atoms with Gasteiger partial charge < -0.3 is 9.30 Å². The van der Waals surface area contributed by atoms with E-state index in [9.17, 15) is 0 Å². The van der Waals surface area contributed by atoms with Gasteiger partial charge in [0.2, 0.25) is 0 Å². The molecule has 1 saturated carbocycles. The highest BCUT2D eigenvalue weighted by atomic mass is 35.5. The number of aromatic nitrogens is 2. The van der Waals surface area contributed by atoms with Gasteiger partial charge in [0.15, 0.2) is 0 Å². The van der Waals surface area contributed by atoms with Gasteiger partial charge in [0, 0.05) is 25.5 Å². The monoisotopic (exact) mass is 332 g/mol. The van der Waals surface area contributed by atoms with Crippen LogP contribution < -0.4 is 0 Å². The van der Waals surface area contributed by atoms with Crippen molar-refractivity contribution in [2.45, 2.75) is 31.4 Å². The van der Waals surface area contributed by atoms with Crippen LogP contribution in [-0.4, -0.2) is 28.6 Å². The molecule has 1 heterocycles. The van der Waals surface area contributed by atoms with Gasteiger partial charge in [-0.15, -0.1) is 11.6 Å². The number of rotatable bonds is 4. The quantitative estimate of drug-likeness (QED) is 0.772. The van der Waals surface area contributed by atoms with Crippen molar-refractivity contribution in [2.75, 3.05) is 13.0 Å². The number of hydrogen-bond donors (Lipinski definition) is 0. The molecule has 6 heteroatoms. The number of aryl methyl sites for hydroxylation is 1. The first-order valence-corrected chi connectivity index (χ1v) is 7.87. The lowest BCUT2D eigenvalue weighted by molar-refractivity contribution is 0.00664. The lowest BCUT2D eigenvalue weighted by atomic mass is 9.88. The van der Waals surface area contributed by atoms with E-state index in [2.05, 4.69) is 9.55 Å². The van der Waals surface area contributed by atoms with Gasteiger partial charge in [-0.05, 0) is 25.0 Å². The second-order valence-electron chi connectivity index (χ2n) is 5.07. The van der Waals surface area contributed by atoms with E-state index >= 15 is 0 Å². The first-order valence-electron chi connectivity index (χ1n) is 6.58. The van der Waals surface area contributed by atoms with E-state index in [-0.39, 0.29) is 0 Å². The molecule has 2 aromatic rings. The summed E-state index contributed by atoms with van der Waals surface area (Å²) in [4.78, 5) is 4.65. The van der Waals surface area contributed by atoms with Crippen LogP contribution in [0.5, 0.6) is 0 Å². The predicted molar refractivity (Wildman–Crippen MR) is 83.2 cm³/mol. The van der Waals surface area contributed by atoms with Crippen LogP contribution >= 0.6 is 34.8 Å². The largest absolute Gasteiger partial charge is 0.381 e. The van der Waals surface area contributed by atoms with Gasteiger partial charge in [0.05, 0.1) is 27.2 Å². The molecule has 1 aromatic carbocycles. The van der Waals surface area contributed by atoms with Crippen molar-refractivity contribution in [1.29, 1.82) is 0 Å². The van der Waals surface area contributed by atoms with Crippen LogP contribution in [0.4, 0.5) is 0 Å². The van der Waals surface area contributed by atoms with Crippen molar-refractivity contribution in [3.63, 3.8) is 0 Å². The van der Waals surface area contributed by atoms with Crippen LogP contribution in [0.25, 0.3) is 11.0 Å². The number of nitrogens with zero attached hydrogens (tertiary/aromatic N) is 2. The fraction of sp³-hybridized carbons (Fsp3) is 0.500. The molecule has 20 heavy (non-hydrogen) atoms. The summed E-state index contributed by atoms with van der Waals surface area (Å²) in [6, 6.07) is 4.12. The maximum absolute atomic E-state index is 6.14. The van der Waals surface area contributed by atoms with Gasteiger partial charge in [-0.3, -0.25) is 0 Å². The van der Waals surface area contributed by atoms with Crippen LogP contribution in [0.2, 0.25) is 10.0 Å². The summed E-state index contributed by atoms with van der Waals surface area (Å²) in [6.45, 7) is 0. The Morgan fingerprint density at radius 3 is 2.65 bits per heavy atom. The molecule has 0 saturated heterocycles. The SMILES string of the molecule is COC1CC(n2c(CCCl)nc3cc(Cl)c(Cl)cc32)C1. The predicted octanol–water partition coefficient (Wildman–Crippen LogP) is 4.47. The molecule has 0 N–H and O–H groups in total. The highest BCUT2D eigenvalue weighted by molar-refractivity contribution is 6.42. The van der Waals surface area contributed by atoms with Gasteiger partial charge in [0.25, 0.3) is 0 Å². The molecule has 0 aliphatic heterocycles. The first kappa shape index (κ1) is 14.5. The maximum Gasteiger partial charge on any atom is 0.111 e. The van der Waals surface area contributed by atoms with E-state index < -0.39 is 0 Å². The van der Waals surface area contributed by atoms with Crippen molar-refractivity contribution in [1.82, 2.24) is 9.55 Å². The summed E-state index contributed by atoms with van der Waals surface area (Å²) < 4.78 is 7.61. The summed E-state index contributed by atoms with van der Waals surface area (Å²) in [5, 5.41) is 1.09. The third kappa shape index (κ3) is 2.41. The van der Waals surface area contributed by atoms with E-state index in [0.717, 1.165) is 36.1 Å². The summed E-state index contributed by atoms with van der Waals surface area (Å²) in [6.07, 6.45) is 3.07. The number of ether oxygens (including phenoxy) is 1. The molecule has 1 aromatic heterocycles. The number of methoxy groups -OCH3 is 1. The molecule has 0 amide bonds. The van der Waals surface area contributed by atoms with Gasteiger partial charge >= 0.3 is 0 Å². The van der Waals surface area contributed by atoms with Crippen LogP contribution in [0.1, 0.15) is 24.7 Å². The zero-order chi connectivity index (χ0) is 14.3. The fourth-order valence-corrected chi connectivity index (χ4v) is 3.23. The molecule has 3 nitrogen and oxygen atoms in total. The average Bonchev–Trinajstić information content (AvgIpc) is 2.68. The molecule has 1 aliphatic rings. The standard InChI is InChI=1S/C14H15Cl3N2O/c1-20-9-4-8(5-9)19-13-7-11(17)10(16)6-12(13)18-14(19)2-3-15/h6-9H,2-5H2,1H3. The van der Waals surface area contributed by atoms with Crippen LogP contribution in [0, 0.1) is 0 Å². The highest BCUT2D eigenvalue weighted by Gasteiger charge is 2.33. The second kappa shape index (κ2) is 5.72. The minimum Gasteiger partial charge on any atom is -0.381 e. The summed E-state index contributed by atoms with van der Waals surface area (Å²) in [5.74, 6) is 1.54. The van der Waals surface area contributed by atoms with E-state index in [1.165, 1.54) is 0 Å². The number of alkyl halides is 1. The van der Waals surface area contributed by atoms with Crippen molar-refractivity contribution in [3.8, 4) is 0 Å². The van der Waals surface area contributed by atoms with Crippen molar-refractivity contribution >= 4 is 45.8 Å². The first-order chi connectivity index (χ1) is 9.63. The molecule has 0 unspecified atom stereocenters. The molecule has 0 atom stereocenters. The topological polar surface area (TPSA) is 27.1 Å². The fourth-order valence-electron chi connectivity index (χ4n) is 2.75. The molecule has 108 valence electrons. The zero-order valence-electron chi connectivity index (χ0n) is 11.1. The molecule has 1 fully saturated rings. The molecular formula is C14H15Cl3N2O. The zero-order valence-corrected chi connectivity index (χ0v) is 13.3. The maximum atomic E-state index is 6.14. The number of benzene rings is 1.